The van der Waals surface area contributed by atoms with Gasteiger partial charge >= 0.3 is 5.97 Å². The topological polar surface area (TPSA) is 88.9 Å². The van der Waals surface area contributed by atoms with Gasteiger partial charge in [-0.3, -0.25) is 4.79 Å². The number of anilines is 1. The van der Waals surface area contributed by atoms with E-state index in [1.807, 2.05) is 24.3 Å². The van der Waals surface area contributed by atoms with Crippen molar-refractivity contribution in [2.45, 2.75) is 44.9 Å². The maximum atomic E-state index is 13.8. The molecule has 0 radical (unpaired) electrons. The van der Waals surface area contributed by atoms with Gasteiger partial charge in [-0.25, -0.2) is 13.2 Å². The first kappa shape index (κ1) is 23.5. The summed E-state index contributed by atoms with van der Waals surface area (Å²) in [5.41, 5.74) is 3.17. The van der Waals surface area contributed by atoms with Crippen molar-refractivity contribution < 1.29 is 22.7 Å². The summed E-state index contributed by atoms with van der Waals surface area (Å²) < 4.78 is 35.8. The number of carbonyl (C=O) groups excluding carboxylic acids is 2. The third kappa shape index (κ3) is 3.97. The number of esters is 1. The molecule has 0 N–H and O–H groups in total. The molecule has 33 heavy (non-hydrogen) atoms. The molecule has 2 aliphatic heterocycles. The number of hydrogen-bond acceptors (Lipinski definition) is 5. The van der Waals surface area contributed by atoms with Crippen LogP contribution in [-0.4, -0.2) is 55.4 Å². The van der Waals surface area contributed by atoms with Gasteiger partial charge in [0.05, 0.1) is 12.5 Å². The second-order valence-corrected chi connectivity index (χ2v) is 10.6. The van der Waals surface area contributed by atoms with Crippen LogP contribution in [0.4, 0.5) is 5.69 Å². The molecule has 2 aliphatic rings. The summed E-state index contributed by atoms with van der Waals surface area (Å²) in [5, 5.41) is 0. The molecule has 1 atom stereocenters. The van der Waals surface area contributed by atoms with Gasteiger partial charge in [-0.2, -0.15) is 4.31 Å². The standard InChI is InChI=1S/C24H31N3O5S/c1-5-32-24(29)21-16(2)25(4)17(3)22(21)33(30,31)26-13-8-10-19(15-26)23(28)27-14-12-18-9-6-7-11-20(18)27/h6-7,9,11,19H,5,8,10,12-15H2,1-4H3/t19-/m0/s1. The van der Waals surface area contributed by atoms with E-state index in [1.54, 1.807) is 37.3 Å². The van der Waals surface area contributed by atoms with Crippen LogP contribution in [-0.2, 0) is 33.0 Å². The van der Waals surface area contributed by atoms with Gasteiger partial charge in [-0.1, -0.05) is 18.2 Å². The number of ether oxygens (including phenoxy) is 1. The predicted octanol–water partition coefficient (Wildman–Crippen LogP) is 2.81. The number of amides is 1. The lowest BCUT2D eigenvalue weighted by Gasteiger charge is -2.33. The van der Waals surface area contributed by atoms with Crippen molar-refractivity contribution in [1.29, 1.82) is 0 Å². The van der Waals surface area contributed by atoms with Gasteiger partial charge in [0.2, 0.25) is 15.9 Å². The van der Waals surface area contributed by atoms with Crippen molar-refractivity contribution in [3.63, 3.8) is 0 Å². The van der Waals surface area contributed by atoms with Crippen molar-refractivity contribution in [3.05, 3.63) is 46.8 Å². The van der Waals surface area contributed by atoms with Crippen LogP contribution in [0.5, 0.6) is 0 Å². The van der Waals surface area contributed by atoms with Crippen molar-refractivity contribution in [3.8, 4) is 0 Å². The van der Waals surface area contributed by atoms with Crippen LogP contribution in [0, 0.1) is 19.8 Å². The molecule has 1 aromatic carbocycles. The Morgan fingerprint density at radius 1 is 1.12 bits per heavy atom. The van der Waals surface area contributed by atoms with Crippen LogP contribution in [0.25, 0.3) is 0 Å². The fourth-order valence-electron chi connectivity index (χ4n) is 4.96. The number of benzene rings is 1. The van der Waals surface area contributed by atoms with Crippen LogP contribution in [0.1, 0.15) is 47.1 Å². The summed E-state index contributed by atoms with van der Waals surface area (Å²) in [6.07, 6.45) is 2.04. The zero-order chi connectivity index (χ0) is 23.9. The lowest BCUT2D eigenvalue weighted by Crippen LogP contribution is -2.46. The highest BCUT2D eigenvalue weighted by atomic mass is 32.2. The molecule has 1 fully saturated rings. The summed E-state index contributed by atoms with van der Waals surface area (Å²) in [5.74, 6) is -1.10. The molecule has 2 aromatic rings. The van der Waals surface area contributed by atoms with Crippen LogP contribution in [0.15, 0.2) is 29.2 Å². The van der Waals surface area contributed by atoms with E-state index in [1.165, 1.54) is 4.31 Å². The number of rotatable bonds is 5. The molecule has 0 saturated carbocycles. The van der Waals surface area contributed by atoms with E-state index < -0.39 is 21.9 Å². The Labute approximate surface area is 195 Å². The minimum absolute atomic E-state index is 0.0134. The highest BCUT2D eigenvalue weighted by Crippen LogP contribution is 2.34. The van der Waals surface area contributed by atoms with E-state index in [0.717, 1.165) is 17.7 Å². The number of aromatic nitrogens is 1. The third-order valence-electron chi connectivity index (χ3n) is 6.89. The zero-order valence-electron chi connectivity index (χ0n) is 19.6. The fourth-order valence-corrected chi connectivity index (χ4v) is 6.96. The minimum atomic E-state index is -4.00. The first-order valence-corrected chi connectivity index (χ1v) is 12.8. The monoisotopic (exact) mass is 473 g/mol. The average Bonchev–Trinajstić information content (AvgIpc) is 3.34. The maximum Gasteiger partial charge on any atom is 0.341 e. The van der Waals surface area contributed by atoms with Gasteiger partial charge < -0.3 is 14.2 Å². The molecule has 8 nitrogen and oxygen atoms in total. The fraction of sp³-hybridized carbons (Fsp3) is 0.500. The van der Waals surface area contributed by atoms with E-state index in [-0.39, 0.29) is 29.5 Å². The highest BCUT2D eigenvalue weighted by molar-refractivity contribution is 7.89. The van der Waals surface area contributed by atoms with E-state index >= 15 is 0 Å². The largest absolute Gasteiger partial charge is 0.462 e. The minimum Gasteiger partial charge on any atom is -0.462 e. The molecular weight excluding hydrogens is 442 g/mol. The Bertz CT molecular complexity index is 1200. The van der Waals surface area contributed by atoms with Crippen molar-refractivity contribution >= 4 is 27.6 Å². The number of fused-ring (bicyclic) bond motifs is 1. The van der Waals surface area contributed by atoms with Gasteiger partial charge in [0.25, 0.3) is 0 Å². The Kier molecular flexibility index (Phi) is 6.37. The zero-order valence-corrected chi connectivity index (χ0v) is 20.4. The molecule has 9 heteroatoms. The Balaban J connectivity index is 1.63. The molecule has 1 saturated heterocycles. The number of para-hydroxylation sites is 1. The molecule has 0 spiro atoms. The van der Waals surface area contributed by atoms with Crippen molar-refractivity contribution in [1.82, 2.24) is 8.87 Å². The number of hydrogen-bond donors (Lipinski definition) is 0. The number of carbonyl (C=O) groups is 2. The van der Waals surface area contributed by atoms with Crippen LogP contribution in [0.3, 0.4) is 0 Å². The lowest BCUT2D eigenvalue weighted by atomic mass is 9.98. The molecule has 4 rings (SSSR count). The van der Waals surface area contributed by atoms with E-state index in [2.05, 4.69) is 0 Å². The van der Waals surface area contributed by atoms with Gasteiger partial charge in [0, 0.05) is 43.8 Å². The molecule has 0 unspecified atom stereocenters. The van der Waals surface area contributed by atoms with Crippen LogP contribution in [0.2, 0.25) is 0 Å². The molecule has 0 bridgehead atoms. The van der Waals surface area contributed by atoms with E-state index in [4.69, 9.17) is 4.74 Å². The summed E-state index contributed by atoms with van der Waals surface area (Å²) in [7, 11) is -2.26. The highest BCUT2D eigenvalue weighted by Gasteiger charge is 2.40. The molecule has 178 valence electrons. The molecule has 1 amide bonds. The Hall–Kier alpha value is -2.65. The quantitative estimate of drug-likeness (QED) is 0.623. The molecule has 3 heterocycles. The van der Waals surface area contributed by atoms with Crippen LogP contribution < -0.4 is 4.90 Å². The second kappa shape index (κ2) is 8.95. The summed E-state index contributed by atoms with van der Waals surface area (Å²) in [6.45, 7) is 6.29. The summed E-state index contributed by atoms with van der Waals surface area (Å²) >= 11 is 0. The van der Waals surface area contributed by atoms with Gasteiger partial charge in [0.1, 0.15) is 10.5 Å². The Morgan fingerprint density at radius 3 is 2.58 bits per heavy atom. The number of nitrogens with zero attached hydrogens (tertiary/aromatic N) is 3. The first-order chi connectivity index (χ1) is 15.7. The SMILES string of the molecule is CCOC(=O)c1c(S(=O)(=O)N2CCC[C@H](C(=O)N3CCc4ccccc43)C2)c(C)n(C)c1C. The summed E-state index contributed by atoms with van der Waals surface area (Å²) in [6, 6.07) is 7.85. The van der Waals surface area contributed by atoms with E-state index in [0.29, 0.717) is 37.3 Å². The third-order valence-corrected chi connectivity index (χ3v) is 8.91. The van der Waals surface area contributed by atoms with E-state index in [9.17, 15) is 18.0 Å². The second-order valence-electron chi connectivity index (χ2n) is 8.73. The van der Waals surface area contributed by atoms with Gasteiger partial charge in [-0.15, -0.1) is 0 Å². The average molecular weight is 474 g/mol. The number of sulfonamides is 1. The molecular formula is C24H31N3O5S. The van der Waals surface area contributed by atoms with Gasteiger partial charge in [-0.05, 0) is 51.7 Å². The molecule has 0 aliphatic carbocycles. The molecule has 1 aromatic heterocycles. The van der Waals surface area contributed by atoms with Crippen molar-refractivity contribution in [2.24, 2.45) is 13.0 Å². The maximum absolute atomic E-state index is 13.8. The lowest BCUT2D eigenvalue weighted by molar-refractivity contribution is -0.123. The predicted molar refractivity (Wildman–Crippen MR) is 125 cm³/mol. The number of piperidine rings is 1. The van der Waals surface area contributed by atoms with Gasteiger partial charge in [0.15, 0.2) is 0 Å². The smallest absolute Gasteiger partial charge is 0.341 e. The summed E-state index contributed by atoms with van der Waals surface area (Å²) in [4.78, 5) is 27.8. The van der Waals surface area contributed by atoms with Crippen molar-refractivity contribution in [2.75, 3.05) is 31.1 Å². The van der Waals surface area contributed by atoms with Crippen LogP contribution >= 0.6 is 0 Å². The Morgan fingerprint density at radius 2 is 1.85 bits per heavy atom. The first-order valence-electron chi connectivity index (χ1n) is 11.4. The normalized spacial score (nSPS) is 18.9.